The van der Waals surface area contributed by atoms with Crippen LogP contribution >= 0.6 is 0 Å². The van der Waals surface area contributed by atoms with E-state index in [0.29, 0.717) is 45.7 Å². The molecule has 2 rings (SSSR count). The summed E-state index contributed by atoms with van der Waals surface area (Å²) in [6, 6.07) is 0. The predicted octanol–water partition coefficient (Wildman–Crippen LogP) is -0.191. The molecule has 0 saturated carbocycles. The molecule has 0 aromatic carbocycles. The zero-order valence-electron chi connectivity index (χ0n) is 11.7. The molecule has 0 radical (unpaired) electrons. The lowest BCUT2D eigenvalue weighted by Gasteiger charge is -2.31. The summed E-state index contributed by atoms with van der Waals surface area (Å²) in [5.74, 6) is -0.864. The summed E-state index contributed by atoms with van der Waals surface area (Å²) < 4.78 is 28.2. The average Bonchev–Trinajstić information content (AvgIpc) is 2.65. The van der Waals surface area contributed by atoms with Crippen molar-refractivity contribution < 1.29 is 18.3 Å². The molecule has 0 unspecified atom stereocenters. The summed E-state index contributed by atoms with van der Waals surface area (Å²) in [6.07, 6.45) is 3.63. The molecule has 0 aromatic heterocycles. The third-order valence-corrected chi connectivity index (χ3v) is 5.91. The van der Waals surface area contributed by atoms with Crippen molar-refractivity contribution in [3.8, 4) is 0 Å². The molecule has 7 nitrogen and oxygen atoms in total. The number of carboxylic acids is 1. The van der Waals surface area contributed by atoms with Gasteiger partial charge < -0.3 is 5.11 Å². The highest BCUT2D eigenvalue weighted by molar-refractivity contribution is 7.86. The molecule has 8 heteroatoms. The maximum Gasteiger partial charge on any atom is 0.317 e. The Bertz CT molecular complexity index is 434. The molecular formula is C12H23N3O4S. The van der Waals surface area contributed by atoms with Crippen LogP contribution in [0.3, 0.4) is 0 Å². The lowest BCUT2D eigenvalue weighted by atomic mass is 10.2. The van der Waals surface area contributed by atoms with E-state index in [-0.39, 0.29) is 6.54 Å². The first-order chi connectivity index (χ1) is 9.50. The number of nitrogens with zero attached hydrogens (tertiary/aromatic N) is 3. The van der Waals surface area contributed by atoms with Gasteiger partial charge in [0.05, 0.1) is 6.54 Å². The lowest BCUT2D eigenvalue weighted by Crippen LogP contribution is -2.47. The minimum absolute atomic E-state index is 0.0163. The van der Waals surface area contributed by atoms with E-state index in [9.17, 15) is 13.2 Å². The lowest BCUT2D eigenvalue weighted by molar-refractivity contribution is -0.138. The molecule has 0 amide bonds. The van der Waals surface area contributed by atoms with Gasteiger partial charge in [-0.05, 0) is 19.3 Å². The second-order valence-corrected chi connectivity index (χ2v) is 7.32. The Hall–Kier alpha value is -0.700. The number of hydrogen-bond donors (Lipinski definition) is 1. The maximum absolute atomic E-state index is 12.5. The van der Waals surface area contributed by atoms with Gasteiger partial charge in [0.25, 0.3) is 10.2 Å². The van der Waals surface area contributed by atoms with Crippen LogP contribution < -0.4 is 0 Å². The normalized spacial score (nSPS) is 24.4. The molecule has 0 aliphatic carbocycles. The Balaban J connectivity index is 1.96. The number of carbonyl (C=O) groups is 1. The van der Waals surface area contributed by atoms with Crippen LogP contribution in [-0.4, -0.2) is 78.8 Å². The van der Waals surface area contributed by atoms with Crippen LogP contribution in [0.25, 0.3) is 0 Å². The predicted molar refractivity (Wildman–Crippen MR) is 74.6 cm³/mol. The van der Waals surface area contributed by atoms with E-state index in [4.69, 9.17) is 5.11 Å². The highest BCUT2D eigenvalue weighted by atomic mass is 32.2. The summed E-state index contributed by atoms with van der Waals surface area (Å²) in [6.45, 7) is 3.19. The molecule has 0 bridgehead atoms. The molecule has 1 N–H and O–H groups in total. The van der Waals surface area contributed by atoms with E-state index in [1.165, 1.54) is 4.31 Å². The first-order valence-corrected chi connectivity index (χ1v) is 8.59. The fourth-order valence-electron chi connectivity index (χ4n) is 2.79. The fourth-order valence-corrected chi connectivity index (χ4v) is 4.50. The van der Waals surface area contributed by atoms with E-state index in [1.54, 1.807) is 9.21 Å². The van der Waals surface area contributed by atoms with E-state index in [1.807, 2.05) is 0 Å². The van der Waals surface area contributed by atoms with Crippen LogP contribution in [0, 0.1) is 0 Å². The van der Waals surface area contributed by atoms with E-state index in [0.717, 1.165) is 19.3 Å². The number of hydrogen-bond acceptors (Lipinski definition) is 4. The van der Waals surface area contributed by atoms with Crippen molar-refractivity contribution >= 4 is 16.2 Å². The Morgan fingerprint density at radius 3 is 2.10 bits per heavy atom. The molecule has 2 heterocycles. The smallest absolute Gasteiger partial charge is 0.317 e. The molecule has 0 atom stereocenters. The van der Waals surface area contributed by atoms with Crippen LogP contribution in [0.1, 0.15) is 25.7 Å². The van der Waals surface area contributed by atoms with Gasteiger partial charge >= 0.3 is 5.97 Å². The van der Waals surface area contributed by atoms with E-state index >= 15 is 0 Å². The van der Waals surface area contributed by atoms with E-state index in [2.05, 4.69) is 0 Å². The molecule has 2 saturated heterocycles. The van der Waals surface area contributed by atoms with Gasteiger partial charge in [-0.3, -0.25) is 9.69 Å². The second kappa shape index (κ2) is 6.84. The Kier molecular flexibility index (Phi) is 5.36. The van der Waals surface area contributed by atoms with Gasteiger partial charge in [-0.15, -0.1) is 0 Å². The largest absolute Gasteiger partial charge is 0.480 e. The molecule has 0 spiro atoms. The third-order valence-electron chi connectivity index (χ3n) is 3.87. The zero-order valence-corrected chi connectivity index (χ0v) is 12.5. The average molecular weight is 305 g/mol. The van der Waals surface area contributed by atoms with Crippen LogP contribution in [0.15, 0.2) is 0 Å². The number of rotatable bonds is 4. The second-order valence-electron chi connectivity index (χ2n) is 5.39. The van der Waals surface area contributed by atoms with E-state index < -0.39 is 16.2 Å². The summed E-state index contributed by atoms with van der Waals surface area (Å²) in [7, 11) is -3.37. The Morgan fingerprint density at radius 1 is 0.850 bits per heavy atom. The van der Waals surface area contributed by atoms with Gasteiger partial charge in [-0.1, -0.05) is 6.42 Å². The fraction of sp³-hybridized carbons (Fsp3) is 0.917. The van der Waals surface area contributed by atoms with Crippen molar-refractivity contribution in [3.63, 3.8) is 0 Å². The van der Waals surface area contributed by atoms with Gasteiger partial charge in [-0.25, -0.2) is 0 Å². The molecule has 0 aromatic rings. The number of carboxylic acid groups (broad SMARTS) is 1. The summed E-state index contributed by atoms with van der Waals surface area (Å²) >= 11 is 0. The monoisotopic (exact) mass is 305 g/mol. The molecule has 20 heavy (non-hydrogen) atoms. The minimum atomic E-state index is -3.37. The number of aliphatic carboxylic acids is 1. The third kappa shape index (κ3) is 3.91. The van der Waals surface area contributed by atoms with Crippen LogP contribution in [0.2, 0.25) is 0 Å². The van der Waals surface area contributed by atoms with Gasteiger partial charge in [0.1, 0.15) is 0 Å². The highest BCUT2D eigenvalue weighted by Gasteiger charge is 2.31. The Labute approximate surface area is 120 Å². The van der Waals surface area contributed by atoms with Gasteiger partial charge in [-0.2, -0.15) is 17.0 Å². The molecule has 2 aliphatic rings. The van der Waals surface area contributed by atoms with Gasteiger partial charge in [0.2, 0.25) is 0 Å². The van der Waals surface area contributed by atoms with Crippen molar-refractivity contribution in [3.05, 3.63) is 0 Å². The van der Waals surface area contributed by atoms with Crippen molar-refractivity contribution in [2.45, 2.75) is 25.7 Å². The van der Waals surface area contributed by atoms with Crippen molar-refractivity contribution in [1.29, 1.82) is 0 Å². The number of piperidine rings is 1. The van der Waals surface area contributed by atoms with Crippen LogP contribution in [0.4, 0.5) is 0 Å². The van der Waals surface area contributed by atoms with Gasteiger partial charge in [0.15, 0.2) is 0 Å². The maximum atomic E-state index is 12.5. The standard InChI is InChI=1S/C12H23N3O4S/c16-12(17)11-13-5-4-8-15(10-9-13)20(18,19)14-6-2-1-3-7-14/h1-11H2,(H,16,17). The van der Waals surface area contributed by atoms with Gasteiger partial charge in [0, 0.05) is 39.3 Å². The summed E-state index contributed by atoms with van der Waals surface area (Å²) in [4.78, 5) is 12.5. The highest BCUT2D eigenvalue weighted by Crippen LogP contribution is 2.18. The minimum Gasteiger partial charge on any atom is -0.480 e. The first kappa shape index (κ1) is 15.7. The zero-order chi connectivity index (χ0) is 14.6. The van der Waals surface area contributed by atoms with Crippen molar-refractivity contribution in [2.24, 2.45) is 0 Å². The summed E-state index contributed by atoms with van der Waals surface area (Å²) in [5.41, 5.74) is 0. The molecule has 116 valence electrons. The summed E-state index contributed by atoms with van der Waals surface area (Å²) in [5, 5.41) is 8.81. The topological polar surface area (TPSA) is 81.2 Å². The quantitative estimate of drug-likeness (QED) is 0.778. The van der Waals surface area contributed by atoms with Crippen molar-refractivity contribution in [2.75, 3.05) is 45.8 Å². The SMILES string of the molecule is O=C(O)CN1CCCN(S(=O)(=O)N2CCCCC2)CC1. The van der Waals surface area contributed by atoms with Crippen LogP contribution in [-0.2, 0) is 15.0 Å². The first-order valence-electron chi connectivity index (χ1n) is 7.19. The van der Waals surface area contributed by atoms with Crippen LogP contribution in [0.5, 0.6) is 0 Å². The van der Waals surface area contributed by atoms with Crippen molar-refractivity contribution in [1.82, 2.24) is 13.5 Å². The Morgan fingerprint density at radius 2 is 1.45 bits per heavy atom. The molecular weight excluding hydrogens is 282 g/mol. The molecule has 2 fully saturated rings. The molecule has 2 aliphatic heterocycles.